The monoisotopic (exact) mass is 488 g/mol. The molecule has 0 spiro atoms. The standard InChI is InChI=1S/C27H33ClO6/c1-2-19-8-11-27(12-9-19,26(31)32)18-23(30)21-6-7-24(34-15-13-29)25(17-21)33-14-10-20-4-3-5-22(28)16-20/h3-7,16-17,19,29H,2,8-15,18H2,1H3,(H,31,32). The third kappa shape index (κ3) is 6.73. The van der Waals surface area contributed by atoms with Crippen LogP contribution >= 0.6 is 11.6 Å². The van der Waals surface area contributed by atoms with Crippen LogP contribution in [0.2, 0.25) is 5.02 Å². The number of aliphatic carboxylic acids is 1. The smallest absolute Gasteiger partial charge is 0.310 e. The summed E-state index contributed by atoms with van der Waals surface area (Å²) in [6.07, 6.45) is 4.33. The largest absolute Gasteiger partial charge is 0.489 e. The lowest BCUT2D eigenvalue weighted by Crippen LogP contribution is -2.37. The van der Waals surface area contributed by atoms with Crippen molar-refractivity contribution in [3.05, 3.63) is 58.6 Å². The van der Waals surface area contributed by atoms with Crippen molar-refractivity contribution >= 4 is 23.4 Å². The molecule has 0 saturated heterocycles. The molecule has 1 fully saturated rings. The second kappa shape index (κ2) is 12.2. The van der Waals surface area contributed by atoms with E-state index in [1.54, 1.807) is 24.3 Å². The van der Waals surface area contributed by atoms with Gasteiger partial charge in [-0.1, -0.05) is 37.1 Å². The summed E-state index contributed by atoms with van der Waals surface area (Å²) < 4.78 is 11.5. The molecule has 1 aliphatic carbocycles. The van der Waals surface area contributed by atoms with Crippen LogP contribution in [0.1, 0.15) is 61.4 Å². The molecule has 0 aromatic heterocycles. The number of halogens is 1. The van der Waals surface area contributed by atoms with E-state index in [1.165, 1.54) is 0 Å². The van der Waals surface area contributed by atoms with Crippen molar-refractivity contribution < 1.29 is 29.3 Å². The molecule has 2 aromatic carbocycles. The number of carboxylic acid groups (broad SMARTS) is 1. The molecule has 0 atom stereocenters. The van der Waals surface area contributed by atoms with Gasteiger partial charge in [-0.15, -0.1) is 0 Å². The summed E-state index contributed by atoms with van der Waals surface area (Å²) in [5.41, 5.74) is 0.401. The molecular weight excluding hydrogens is 456 g/mol. The Labute approximate surface area is 205 Å². The average Bonchev–Trinajstić information content (AvgIpc) is 2.83. The summed E-state index contributed by atoms with van der Waals surface area (Å²) in [6.45, 7) is 2.41. The van der Waals surface area contributed by atoms with E-state index in [1.807, 2.05) is 18.2 Å². The number of aliphatic hydroxyl groups is 1. The van der Waals surface area contributed by atoms with Crippen LogP contribution in [0.4, 0.5) is 0 Å². The number of Topliss-reactive ketones (excluding diaryl/α,β-unsaturated/α-hetero) is 1. The number of hydrogen-bond acceptors (Lipinski definition) is 5. The van der Waals surface area contributed by atoms with Gasteiger partial charge < -0.3 is 19.7 Å². The minimum absolute atomic E-state index is 0.0302. The normalized spacial score (nSPS) is 20.0. The predicted octanol–water partition coefficient (Wildman–Crippen LogP) is 5.58. The van der Waals surface area contributed by atoms with Gasteiger partial charge in [-0.3, -0.25) is 9.59 Å². The molecule has 2 aromatic rings. The van der Waals surface area contributed by atoms with Gasteiger partial charge in [0.2, 0.25) is 0 Å². The number of carbonyl (C=O) groups excluding carboxylic acids is 1. The van der Waals surface area contributed by atoms with E-state index >= 15 is 0 Å². The fraction of sp³-hybridized carbons (Fsp3) is 0.481. The summed E-state index contributed by atoms with van der Waals surface area (Å²) in [6, 6.07) is 12.4. The third-order valence-electron chi connectivity index (χ3n) is 6.74. The molecule has 7 heteroatoms. The van der Waals surface area contributed by atoms with Gasteiger partial charge in [-0.25, -0.2) is 0 Å². The summed E-state index contributed by atoms with van der Waals surface area (Å²) in [7, 11) is 0. The summed E-state index contributed by atoms with van der Waals surface area (Å²) in [5, 5.41) is 19.7. The number of ether oxygens (including phenoxy) is 2. The SMILES string of the molecule is CCC1CCC(CC(=O)c2ccc(OCCO)c(OCCc3cccc(Cl)c3)c2)(C(=O)O)CC1. The Morgan fingerprint density at radius 2 is 1.79 bits per heavy atom. The second-order valence-corrected chi connectivity index (χ2v) is 9.44. The van der Waals surface area contributed by atoms with Crippen molar-refractivity contribution in [1.29, 1.82) is 0 Å². The van der Waals surface area contributed by atoms with Crippen LogP contribution in [0.3, 0.4) is 0 Å². The van der Waals surface area contributed by atoms with Crippen LogP contribution in [-0.2, 0) is 11.2 Å². The van der Waals surface area contributed by atoms with E-state index in [9.17, 15) is 14.7 Å². The van der Waals surface area contributed by atoms with Crippen LogP contribution in [0.25, 0.3) is 0 Å². The minimum Gasteiger partial charge on any atom is -0.489 e. The number of carbonyl (C=O) groups is 2. The molecule has 2 N–H and O–H groups in total. The Kier molecular flexibility index (Phi) is 9.36. The van der Waals surface area contributed by atoms with Crippen molar-refractivity contribution in [1.82, 2.24) is 0 Å². The molecule has 0 aliphatic heterocycles. The molecule has 3 rings (SSSR count). The molecule has 0 bridgehead atoms. The first kappa shape index (κ1) is 26.0. The van der Waals surface area contributed by atoms with Crippen molar-refractivity contribution in [3.63, 3.8) is 0 Å². The van der Waals surface area contributed by atoms with Gasteiger partial charge in [-0.2, -0.15) is 0 Å². The van der Waals surface area contributed by atoms with Crippen molar-refractivity contribution in [2.24, 2.45) is 11.3 Å². The Morgan fingerprint density at radius 1 is 1.06 bits per heavy atom. The maximum Gasteiger partial charge on any atom is 0.310 e. The molecule has 1 aliphatic rings. The van der Waals surface area contributed by atoms with E-state index in [-0.39, 0.29) is 25.4 Å². The van der Waals surface area contributed by atoms with E-state index < -0.39 is 11.4 Å². The fourth-order valence-corrected chi connectivity index (χ4v) is 4.77. The lowest BCUT2D eigenvalue weighted by atomic mass is 9.67. The number of hydrogen-bond donors (Lipinski definition) is 2. The van der Waals surface area contributed by atoms with Crippen LogP contribution in [0.5, 0.6) is 11.5 Å². The molecular formula is C27H33ClO6. The van der Waals surface area contributed by atoms with Gasteiger partial charge in [0.05, 0.1) is 18.6 Å². The first-order valence-electron chi connectivity index (χ1n) is 11.9. The Bertz CT molecular complexity index is 981. The number of carboxylic acids is 1. The van der Waals surface area contributed by atoms with Gasteiger partial charge >= 0.3 is 5.97 Å². The predicted molar refractivity (Wildman–Crippen MR) is 131 cm³/mol. The summed E-state index contributed by atoms with van der Waals surface area (Å²) in [5.74, 6) is 0.237. The van der Waals surface area contributed by atoms with E-state index in [2.05, 4.69) is 6.92 Å². The number of ketones is 1. The van der Waals surface area contributed by atoms with Crippen molar-refractivity contribution in [3.8, 4) is 11.5 Å². The molecule has 6 nitrogen and oxygen atoms in total. The zero-order valence-electron chi connectivity index (χ0n) is 19.6. The summed E-state index contributed by atoms with van der Waals surface area (Å²) >= 11 is 6.04. The molecule has 0 unspecified atom stereocenters. The van der Waals surface area contributed by atoms with Crippen molar-refractivity contribution in [2.45, 2.75) is 51.9 Å². The minimum atomic E-state index is -1.01. The second-order valence-electron chi connectivity index (χ2n) is 9.00. The lowest BCUT2D eigenvalue weighted by molar-refractivity contribution is -0.151. The van der Waals surface area contributed by atoms with Gasteiger partial charge in [0.1, 0.15) is 6.61 Å². The summed E-state index contributed by atoms with van der Waals surface area (Å²) in [4.78, 5) is 25.3. The molecule has 0 radical (unpaired) electrons. The highest BCUT2D eigenvalue weighted by Gasteiger charge is 2.43. The molecule has 34 heavy (non-hydrogen) atoms. The quantitative estimate of drug-likeness (QED) is 0.379. The number of aliphatic hydroxyl groups excluding tert-OH is 1. The highest BCUT2D eigenvalue weighted by molar-refractivity contribution is 6.30. The average molecular weight is 489 g/mol. The zero-order chi connectivity index (χ0) is 24.6. The third-order valence-corrected chi connectivity index (χ3v) is 6.98. The van der Waals surface area contributed by atoms with Gasteiger partial charge in [0.25, 0.3) is 0 Å². The number of rotatable bonds is 12. The van der Waals surface area contributed by atoms with Crippen LogP contribution in [0, 0.1) is 11.3 Å². The molecule has 184 valence electrons. The molecule has 0 heterocycles. The van der Waals surface area contributed by atoms with E-state index in [0.717, 1.165) is 24.8 Å². The lowest BCUT2D eigenvalue weighted by Gasteiger charge is -2.36. The van der Waals surface area contributed by atoms with Gasteiger partial charge in [-0.05, 0) is 67.5 Å². The van der Waals surface area contributed by atoms with Gasteiger partial charge in [0, 0.05) is 23.4 Å². The topological polar surface area (TPSA) is 93.1 Å². The van der Waals surface area contributed by atoms with Crippen molar-refractivity contribution in [2.75, 3.05) is 19.8 Å². The molecule has 0 amide bonds. The van der Waals surface area contributed by atoms with Crippen LogP contribution < -0.4 is 9.47 Å². The maximum absolute atomic E-state index is 13.2. The van der Waals surface area contributed by atoms with Crippen LogP contribution in [0.15, 0.2) is 42.5 Å². The zero-order valence-corrected chi connectivity index (χ0v) is 20.4. The first-order valence-corrected chi connectivity index (χ1v) is 12.3. The first-order chi connectivity index (χ1) is 16.4. The fourth-order valence-electron chi connectivity index (χ4n) is 4.55. The highest BCUT2D eigenvalue weighted by atomic mass is 35.5. The Hall–Kier alpha value is -2.57. The van der Waals surface area contributed by atoms with Crippen LogP contribution in [-0.4, -0.2) is 41.8 Å². The molecule has 1 saturated carbocycles. The Morgan fingerprint density at radius 3 is 2.44 bits per heavy atom. The van der Waals surface area contributed by atoms with E-state index in [0.29, 0.717) is 53.9 Å². The Balaban J connectivity index is 1.74. The van der Waals surface area contributed by atoms with E-state index in [4.69, 9.17) is 26.2 Å². The number of benzene rings is 2. The maximum atomic E-state index is 13.2. The highest BCUT2D eigenvalue weighted by Crippen LogP contribution is 2.44. The van der Waals surface area contributed by atoms with Gasteiger partial charge in [0.15, 0.2) is 17.3 Å².